The molecular formula is C21H26N2O5S. The first-order valence-corrected chi connectivity index (χ1v) is 10.9. The highest BCUT2D eigenvalue weighted by atomic mass is 32.1. The van der Waals surface area contributed by atoms with Gasteiger partial charge in [-0.2, -0.15) is 0 Å². The molecule has 2 aliphatic carbocycles. The van der Waals surface area contributed by atoms with Crippen molar-refractivity contribution in [2.24, 2.45) is 23.7 Å². The third-order valence-corrected chi connectivity index (χ3v) is 7.42. The van der Waals surface area contributed by atoms with Crippen molar-refractivity contribution < 1.29 is 24.2 Å². The first-order valence-electron chi connectivity index (χ1n) is 10.1. The fraction of sp³-hybridized carbons (Fsp3) is 0.571. The molecule has 156 valence electrons. The number of carboxylic acid groups (broad SMARTS) is 1. The molecule has 1 aliphatic heterocycles. The summed E-state index contributed by atoms with van der Waals surface area (Å²) < 4.78 is 5.35. The second-order valence-corrected chi connectivity index (χ2v) is 9.15. The molecule has 4 atom stereocenters. The van der Waals surface area contributed by atoms with Crippen LogP contribution < -0.4 is 5.32 Å². The Labute approximate surface area is 173 Å². The van der Waals surface area contributed by atoms with E-state index in [9.17, 15) is 19.5 Å². The summed E-state index contributed by atoms with van der Waals surface area (Å²) in [6.45, 7) is 6.03. The molecule has 2 N–H and O–H groups in total. The van der Waals surface area contributed by atoms with Gasteiger partial charge in [0, 0.05) is 18.0 Å². The predicted octanol–water partition coefficient (Wildman–Crippen LogP) is 2.55. The summed E-state index contributed by atoms with van der Waals surface area (Å²) in [5, 5.41) is 13.1. The highest BCUT2D eigenvalue weighted by Crippen LogP contribution is 2.49. The van der Waals surface area contributed by atoms with E-state index in [0.717, 1.165) is 10.4 Å². The molecule has 1 aromatic rings. The molecule has 2 bridgehead atoms. The smallest absolute Gasteiger partial charge is 0.307 e. The van der Waals surface area contributed by atoms with E-state index in [1.807, 2.05) is 26.0 Å². The minimum Gasteiger partial charge on any atom is -0.481 e. The second kappa shape index (κ2) is 7.91. The number of hydrogen-bond donors (Lipinski definition) is 2. The Morgan fingerprint density at radius 1 is 1.21 bits per heavy atom. The van der Waals surface area contributed by atoms with Crippen LogP contribution in [0.1, 0.15) is 34.1 Å². The molecule has 2 fully saturated rings. The first kappa shape index (κ1) is 20.1. The van der Waals surface area contributed by atoms with Crippen LogP contribution in [0.5, 0.6) is 0 Å². The van der Waals surface area contributed by atoms with E-state index in [0.29, 0.717) is 49.7 Å². The molecule has 1 saturated heterocycles. The lowest BCUT2D eigenvalue weighted by molar-refractivity contribution is -0.146. The topological polar surface area (TPSA) is 95.9 Å². The van der Waals surface area contributed by atoms with Crippen LogP contribution in [-0.4, -0.2) is 54.1 Å². The Kier molecular flexibility index (Phi) is 5.48. The minimum absolute atomic E-state index is 0.0498. The first-order chi connectivity index (χ1) is 13.9. The van der Waals surface area contributed by atoms with Crippen LogP contribution in [0.25, 0.3) is 0 Å². The average molecular weight is 419 g/mol. The lowest BCUT2D eigenvalue weighted by Gasteiger charge is -2.28. The van der Waals surface area contributed by atoms with Gasteiger partial charge >= 0.3 is 5.97 Å². The summed E-state index contributed by atoms with van der Waals surface area (Å²) in [5.41, 5.74) is 1.50. The molecule has 1 aromatic heterocycles. The van der Waals surface area contributed by atoms with Crippen LogP contribution in [0.3, 0.4) is 0 Å². The zero-order valence-electron chi connectivity index (χ0n) is 16.6. The highest BCUT2D eigenvalue weighted by molar-refractivity contribution is 7.16. The Morgan fingerprint density at radius 3 is 2.48 bits per heavy atom. The Morgan fingerprint density at radius 2 is 1.86 bits per heavy atom. The van der Waals surface area contributed by atoms with Crippen molar-refractivity contribution in [3.63, 3.8) is 0 Å². The van der Waals surface area contributed by atoms with Crippen molar-refractivity contribution in [1.29, 1.82) is 0 Å². The Hall–Kier alpha value is -2.19. The molecule has 0 aromatic carbocycles. The van der Waals surface area contributed by atoms with Crippen molar-refractivity contribution in [3.05, 3.63) is 28.2 Å². The number of amides is 2. The largest absolute Gasteiger partial charge is 0.481 e. The maximum absolute atomic E-state index is 13.2. The van der Waals surface area contributed by atoms with Crippen LogP contribution in [0.2, 0.25) is 0 Å². The number of allylic oxidation sites excluding steroid dienone is 2. The summed E-state index contributed by atoms with van der Waals surface area (Å²) in [7, 11) is 0. The molecule has 2 heterocycles. The van der Waals surface area contributed by atoms with Gasteiger partial charge in [0.05, 0.1) is 30.6 Å². The number of fused-ring (bicyclic) bond motifs is 2. The van der Waals surface area contributed by atoms with Gasteiger partial charge < -0.3 is 20.1 Å². The van der Waals surface area contributed by atoms with Gasteiger partial charge in [-0.05, 0) is 37.2 Å². The van der Waals surface area contributed by atoms with Gasteiger partial charge in [-0.25, -0.2) is 0 Å². The third kappa shape index (κ3) is 3.48. The number of thiophene rings is 1. The molecule has 29 heavy (non-hydrogen) atoms. The van der Waals surface area contributed by atoms with E-state index in [-0.39, 0.29) is 23.7 Å². The predicted molar refractivity (Wildman–Crippen MR) is 109 cm³/mol. The van der Waals surface area contributed by atoms with Crippen LogP contribution >= 0.6 is 11.3 Å². The molecule has 7 nitrogen and oxygen atoms in total. The number of aliphatic carboxylic acids is 1. The minimum atomic E-state index is -0.928. The summed E-state index contributed by atoms with van der Waals surface area (Å²) in [6.07, 6.45) is 5.28. The fourth-order valence-corrected chi connectivity index (χ4v) is 6.09. The average Bonchev–Trinajstić information content (AvgIpc) is 3.40. The van der Waals surface area contributed by atoms with Crippen molar-refractivity contribution >= 4 is 34.1 Å². The van der Waals surface area contributed by atoms with Gasteiger partial charge in [-0.3, -0.25) is 14.4 Å². The van der Waals surface area contributed by atoms with Gasteiger partial charge in [0.2, 0.25) is 5.91 Å². The number of anilines is 1. The SMILES string of the molecule is CCc1c(C)sc(NC(=O)[C@H]2[C@@H](C(=O)O)[C@H]3C=C[C@@H]2C3)c1C(=O)N1CCOCC1. The van der Waals surface area contributed by atoms with Crippen molar-refractivity contribution in [2.75, 3.05) is 31.6 Å². The number of carbonyl (C=O) groups excluding carboxylic acids is 2. The summed E-state index contributed by atoms with van der Waals surface area (Å²) >= 11 is 1.40. The second-order valence-electron chi connectivity index (χ2n) is 7.93. The molecule has 2 amide bonds. The molecule has 3 aliphatic rings. The number of nitrogens with one attached hydrogen (secondary N) is 1. The van der Waals surface area contributed by atoms with Gasteiger partial charge in [-0.15, -0.1) is 11.3 Å². The molecule has 0 unspecified atom stereocenters. The van der Waals surface area contributed by atoms with Crippen molar-refractivity contribution in [3.8, 4) is 0 Å². The van der Waals surface area contributed by atoms with E-state index in [1.165, 1.54) is 11.3 Å². The zero-order valence-corrected chi connectivity index (χ0v) is 17.5. The van der Waals surface area contributed by atoms with Crippen LogP contribution in [-0.2, 0) is 20.7 Å². The van der Waals surface area contributed by atoms with Crippen molar-refractivity contribution in [2.45, 2.75) is 26.7 Å². The molecule has 0 spiro atoms. The van der Waals surface area contributed by atoms with E-state index in [2.05, 4.69) is 5.32 Å². The number of aryl methyl sites for hydroxylation is 1. The standard InChI is InChI=1S/C21H26N2O5S/c1-3-14-11(2)29-19(17(14)20(25)23-6-8-28-9-7-23)22-18(24)15-12-4-5-13(10-12)16(15)21(26)27/h4-5,12-13,15-16H,3,6-10H2,1-2H3,(H,22,24)(H,26,27)/t12-,13+,15-,16+/m1/s1. The maximum atomic E-state index is 13.2. The lowest BCUT2D eigenvalue weighted by atomic mass is 9.82. The third-order valence-electron chi connectivity index (χ3n) is 6.36. The van der Waals surface area contributed by atoms with Crippen molar-refractivity contribution in [1.82, 2.24) is 4.90 Å². The maximum Gasteiger partial charge on any atom is 0.307 e. The molecule has 4 rings (SSSR count). The Balaban J connectivity index is 1.62. The van der Waals surface area contributed by atoms with E-state index < -0.39 is 17.8 Å². The lowest BCUT2D eigenvalue weighted by Crippen LogP contribution is -2.41. The molecular weight excluding hydrogens is 392 g/mol. The molecule has 8 heteroatoms. The van der Waals surface area contributed by atoms with Gasteiger partial charge in [0.1, 0.15) is 5.00 Å². The summed E-state index contributed by atoms with van der Waals surface area (Å²) in [5.74, 6) is -2.74. The van der Waals surface area contributed by atoms with E-state index in [4.69, 9.17) is 4.74 Å². The van der Waals surface area contributed by atoms with Gasteiger partial charge in [0.15, 0.2) is 0 Å². The Bertz CT molecular complexity index is 871. The van der Waals surface area contributed by atoms with E-state index >= 15 is 0 Å². The molecule has 1 saturated carbocycles. The number of hydrogen-bond acceptors (Lipinski definition) is 5. The number of carbonyl (C=O) groups is 3. The highest BCUT2D eigenvalue weighted by Gasteiger charge is 2.51. The number of rotatable bonds is 5. The monoisotopic (exact) mass is 418 g/mol. The molecule has 0 radical (unpaired) electrons. The van der Waals surface area contributed by atoms with Crippen LogP contribution in [0, 0.1) is 30.6 Å². The number of carboxylic acids is 1. The summed E-state index contributed by atoms with van der Waals surface area (Å²) in [6, 6.07) is 0. The van der Waals surface area contributed by atoms with Crippen LogP contribution in [0.15, 0.2) is 12.2 Å². The van der Waals surface area contributed by atoms with Gasteiger partial charge in [0.25, 0.3) is 5.91 Å². The number of nitrogens with zero attached hydrogens (tertiary/aromatic N) is 1. The van der Waals surface area contributed by atoms with Crippen LogP contribution in [0.4, 0.5) is 5.00 Å². The van der Waals surface area contributed by atoms with E-state index in [1.54, 1.807) is 4.90 Å². The zero-order chi connectivity index (χ0) is 20.7. The number of ether oxygens (including phenoxy) is 1. The quantitative estimate of drug-likeness (QED) is 0.717. The normalized spacial score (nSPS) is 28.0. The fourth-order valence-electron chi connectivity index (χ4n) is 4.95. The van der Waals surface area contributed by atoms with Gasteiger partial charge in [-0.1, -0.05) is 19.1 Å². The summed E-state index contributed by atoms with van der Waals surface area (Å²) in [4.78, 5) is 40.9. The number of morpholine rings is 1.